The van der Waals surface area contributed by atoms with E-state index in [2.05, 4.69) is 20.9 Å². The topological polar surface area (TPSA) is 55.0 Å². The van der Waals surface area contributed by atoms with Crippen LogP contribution in [0.15, 0.2) is 36.7 Å². The number of anilines is 2. The fraction of sp³-hybridized carbons (Fsp3) is 0.231. The van der Waals surface area contributed by atoms with E-state index in [9.17, 15) is 0 Å². The summed E-state index contributed by atoms with van der Waals surface area (Å²) in [5.41, 5.74) is 9.43. The highest BCUT2D eigenvalue weighted by Gasteiger charge is 2.19. The van der Waals surface area contributed by atoms with E-state index in [-0.39, 0.29) is 0 Å². The van der Waals surface area contributed by atoms with Crippen molar-refractivity contribution in [2.45, 2.75) is 13.0 Å². The Balaban J connectivity index is 1.91. The molecule has 0 radical (unpaired) electrons. The third kappa shape index (κ3) is 1.82. The zero-order valence-electron chi connectivity index (χ0n) is 9.50. The average Bonchev–Trinajstić information content (AvgIpc) is 2.40. The van der Waals surface area contributed by atoms with Gasteiger partial charge in [-0.2, -0.15) is 0 Å². The molecule has 0 aliphatic carbocycles. The smallest absolute Gasteiger partial charge is 0.225 e. The largest absolute Gasteiger partial charge is 0.398 e. The van der Waals surface area contributed by atoms with Gasteiger partial charge in [0.1, 0.15) is 0 Å². The van der Waals surface area contributed by atoms with E-state index in [4.69, 9.17) is 5.73 Å². The van der Waals surface area contributed by atoms with E-state index in [1.807, 2.05) is 18.2 Å². The maximum Gasteiger partial charge on any atom is 0.225 e. The van der Waals surface area contributed by atoms with E-state index in [1.54, 1.807) is 12.4 Å². The van der Waals surface area contributed by atoms with Gasteiger partial charge >= 0.3 is 0 Å². The summed E-state index contributed by atoms with van der Waals surface area (Å²) in [6, 6.07) is 7.93. The van der Waals surface area contributed by atoms with Crippen LogP contribution in [-0.2, 0) is 13.0 Å². The lowest BCUT2D eigenvalue weighted by Crippen LogP contribution is -2.32. The number of hydrogen-bond acceptors (Lipinski definition) is 4. The molecular weight excluding hydrogens is 212 g/mol. The highest BCUT2D eigenvalue weighted by molar-refractivity contribution is 5.54. The lowest BCUT2D eigenvalue weighted by Gasteiger charge is -2.29. The molecule has 0 unspecified atom stereocenters. The summed E-state index contributed by atoms with van der Waals surface area (Å²) < 4.78 is 0. The zero-order valence-corrected chi connectivity index (χ0v) is 9.50. The Labute approximate surface area is 100 Å². The molecule has 17 heavy (non-hydrogen) atoms. The quantitative estimate of drug-likeness (QED) is 0.751. The third-order valence-electron chi connectivity index (χ3n) is 3.14. The second-order valence-corrected chi connectivity index (χ2v) is 4.21. The van der Waals surface area contributed by atoms with Gasteiger partial charge in [0.25, 0.3) is 0 Å². The number of hydrogen-bond donors (Lipinski definition) is 1. The molecule has 3 rings (SSSR count). The van der Waals surface area contributed by atoms with Crippen LogP contribution in [-0.4, -0.2) is 16.5 Å². The van der Waals surface area contributed by atoms with Gasteiger partial charge in [-0.3, -0.25) is 0 Å². The fourth-order valence-electron chi connectivity index (χ4n) is 2.26. The molecule has 1 aliphatic heterocycles. The SMILES string of the molecule is Nc1cccc2c1CCN(c1ncccn1)C2. The van der Waals surface area contributed by atoms with Crippen LogP contribution in [0.5, 0.6) is 0 Å². The highest BCUT2D eigenvalue weighted by Crippen LogP contribution is 2.25. The van der Waals surface area contributed by atoms with Crippen molar-refractivity contribution >= 4 is 11.6 Å². The maximum atomic E-state index is 5.98. The standard InChI is InChI=1S/C13H14N4/c14-12-4-1-3-10-9-17(8-5-11(10)12)13-15-6-2-7-16-13/h1-4,6-7H,5,8-9,14H2. The minimum Gasteiger partial charge on any atom is -0.398 e. The first-order valence-corrected chi connectivity index (χ1v) is 5.73. The molecular formula is C13H14N4. The first-order valence-electron chi connectivity index (χ1n) is 5.73. The van der Waals surface area contributed by atoms with Crippen LogP contribution in [0.2, 0.25) is 0 Å². The molecule has 1 aliphatic rings. The molecule has 2 heterocycles. The number of rotatable bonds is 1. The van der Waals surface area contributed by atoms with E-state index in [1.165, 1.54) is 11.1 Å². The van der Waals surface area contributed by atoms with Crippen LogP contribution in [0, 0.1) is 0 Å². The van der Waals surface area contributed by atoms with Gasteiger partial charge in [0.15, 0.2) is 0 Å². The molecule has 0 fully saturated rings. The highest BCUT2D eigenvalue weighted by atomic mass is 15.2. The average molecular weight is 226 g/mol. The van der Waals surface area contributed by atoms with Crippen LogP contribution >= 0.6 is 0 Å². The van der Waals surface area contributed by atoms with Gasteiger partial charge in [0, 0.05) is 31.2 Å². The minimum absolute atomic E-state index is 0.792. The van der Waals surface area contributed by atoms with Gasteiger partial charge in [-0.1, -0.05) is 12.1 Å². The summed E-state index contributed by atoms with van der Waals surface area (Å²) >= 11 is 0. The van der Waals surface area contributed by atoms with Crippen LogP contribution in [0.4, 0.5) is 11.6 Å². The molecule has 1 aromatic heterocycles. The molecule has 0 atom stereocenters. The second kappa shape index (κ2) is 4.05. The van der Waals surface area contributed by atoms with Gasteiger partial charge in [-0.25, -0.2) is 9.97 Å². The first kappa shape index (κ1) is 10.1. The van der Waals surface area contributed by atoms with E-state index >= 15 is 0 Å². The summed E-state index contributed by atoms with van der Waals surface area (Å²) in [4.78, 5) is 10.7. The maximum absolute atomic E-state index is 5.98. The van der Waals surface area contributed by atoms with Gasteiger partial charge in [-0.15, -0.1) is 0 Å². The molecule has 2 aromatic rings. The van der Waals surface area contributed by atoms with Gasteiger partial charge in [-0.05, 0) is 29.7 Å². The molecule has 0 saturated heterocycles. The van der Waals surface area contributed by atoms with Gasteiger partial charge < -0.3 is 10.6 Å². The Hall–Kier alpha value is -2.10. The monoisotopic (exact) mass is 226 g/mol. The van der Waals surface area contributed by atoms with Crippen molar-refractivity contribution in [3.05, 3.63) is 47.8 Å². The third-order valence-corrected chi connectivity index (χ3v) is 3.14. The van der Waals surface area contributed by atoms with Crippen LogP contribution in [0.3, 0.4) is 0 Å². The Morgan fingerprint density at radius 3 is 2.76 bits per heavy atom. The van der Waals surface area contributed by atoms with Crippen molar-refractivity contribution in [1.29, 1.82) is 0 Å². The van der Waals surface area contributed by atoms with Crippen LogP contribution < -0.4 is 10.6 Å². The van der Waals surface area contributed by atoms with Crippen molar-refractivity contribution in [3.8, 4) is 0 Å². The number of nitrogen functional groups attached to an aromatic ring is 1. The van der Waals surface area contributed by atoms with E-state index in [0.29, 0.717) is 0 Å². The molecule has 0 amide bonds. The van der Waals surface area contributed by atoms with E-state index < -0.39 is 0 Å². The van der Waals surface area contributed by atoms with Crippen molar-refractivity contribution in [2.24, 2.45) is 0 Å². The molecule has 1 aromatic carbocycles. The molecule has 4 nitrogen and oxygen atoms in total. The Morgan fingerprint density at radius 2 is 1.94 bits per heavy atom. The number of nitrogens with zero attached hydrogens (tertiary/aromatic N) is 3. The van der Waals surface area contributed by atoms with Crippen molar-refractivity contribution in [1.82, 2.24) is 9.97 Å². The number of fused-ring (bicyclic) bond motifs is 1. The van der Waals surface area contributed by atoms with Crippen molar-refractivity contribution in [2.75, 3.05) is 17.2 Å². The summed E-state index contributed by atoms with van der Waals surface area (Å²) in [7, 11) is 0. The minimum atomic E-state index is 0.792. The molecule has 4 heteroatoms. The van der Waals surface area contributed by atoms with Gasteiger partial charge in [0.2, 0.25) is 5.95 Å². The lowest BCUT2D eigenvalue weighted by atomic mass is 9.98. The predicted molar refractivity (Wildman–Crippen MR) is 67.6 cm³/mol. The van der Waals surface area contributed by atoms with E-state index in [0.717, 1.165) is 31.1 Å². The zero-order chi connectivity index (χ0) is 11.7. The molecule has 0 bridgehead atoms. The first-order chi connectivity index (χ1) is 8.34. The van der Waals surface area contributed by atoms with Crippen LogP contribution in [0.25, 0.3) is 0 Å². The lowest BCUT2D eigenvalue weighted by molar-refractivity contribution is 0.709. The predicted octanol–water partition coefficient (Wildman–Crippen LogP) is 1.62. The second-order valence-electron chi connectivity index (χ2n) is 4.21. The molecule has 0 spiro atoms. The fourth-order valence-corrected chi connectivity index (χ4v) is 2.26. The Bertz CT molecular complexity index is 524. The normalized spacial score (nSPS) is 14.5. The summed E-state index contributed by atoms with van der Waals surface area (Å²) in [5.74, 6) is 0.792. The summed E-state index contributed by atoms with van der Waals surface area (Å²) in [6.07, 6.45) is 4.51. The van der Waals surface area contributed by atoms with Crippen LogP contribution in [0.1, 0.15) is 11.1 Å². The van der Waals surface area contributed by atoms with Crippen molar-refractivity contribution < 1.29 is 0 Å². The number of nitrogens with two attached hydrogens (primary N) is 1. The molecule has 86 valence electrons. The number of aromatic nitrogens is 2. The van der Waals surface area contributed by atoms with Crippen molar-refractivity contribution in [3.63, 3.8) is 0 Å². The summed E-state index contributed by atoms with van der Waals surface area (Å²) in [6.45, 7) is 1.76. The summed E-state index contributed by atoms with van der Waals surface area (Å²) in [5, 5.41) is 0. The number of benzene rings is 1. The Kier molecular flexibility index (Phi) is 2.40. The van der Waals surface area contributed by atoms with Gasteiger partial charge in [0.05, 0.1) is 0 Å². The molecule has 2 N–H and O–H groups in total. The Morgan fingerprint density at radius 1 is 1.12 bits per heavy atom. The molecule has 0 saturated carbocycles.